The second-order valence-electron chi connectivity index (χ2n) is 5.75. The third-order valence-electron chi connectivity index (χ3n) is 4.24. The van der Waals surface area contributed by atoms with E-state index in [2.05, 4.69) is 22.4 Å². The largest absolute Gasteiger partial charge is 0.382 e. The van der Waals surface area contributed by atoms with Gasteiger partial charge >= 0.3 is 0 Å². The molecule has 1 aliphatic rings. The Hall–Kier alpha value is -2.98. The van der Waals surface area contributed by atoms with Crippen molar-refractivity contribution >= 4 is 11.4 Å². The number of hydrogen-bond acceptors (Lipinski definition) is 4. The van der Waals surface area contributed by atoms with Gasteiger partial charge in [-0.3, -0.25) is 0 Å². The highest BCUT2D eigenvalue weighted by atomic mass is 15.1. The van der Waals surface area contributed by atoms with E-state index in [0.717, 1.165) is 31.6 Å². The van der Waals surface area contributed by atoms with Gasteiger partial charge in [-0.15, -0.1) is 0 Å². The molecule has 0 spiro atoms. The first-order valence-electron chi connectivity index (χ1n) is 7.80. The molecular weight excluding hydrogens is 284 g/mol. The highest BCUT2D eigenvalue weighted by molar-refractivity contribution is 5.51. The van der Waals surface area contributed by atoms with Crippen molar-refractivity contribution < 1.29 is 0 Å². The summed E-state index contributed by atoms with van der Waals surface area (Å²) < 4.78 is 0. The van der Waals surface area contributed by atoms with Crippen LogP contribution in [0.4, 0.5) is 11.4 Å². The van der Waals surface area contributed by atoms with Gasteiger partial charge in [0.2, 0.25) is 0 Å². The van der Waals surface area contributed by atoms with Gasteiger partial charge in [-0.25, -0.2) is 0 Å². The van der Waals surface area contributed by atoms with Crippen molar-refractivity contribution in [2.75, 3.05) is 23.3 Å². The highest BCUT2D eigenvalue weighted by Crippen LogP contribution is 2.22. The van der Waals surface area contributed by atoms with E-state index in [1.807, 2.05) is 48.5 Å². The Balaban J connectivity index is 1.55. The number of nitrogens with one attached hydrogen (secondary N) is 1. The molecule has 0 bridgehead atoms. The number of nitriles is 2. The van der Waals surface area contributed by atoms with Gasteiger partial charge in [0, 0.05) is 30.5 Å². The number of nitrogens with zero attached hydrogens (tertiary/aromatic N) is 3. The second-order valence-corrected chi connectivity index (χ2v) is 5.75. The van der Waals surface area contributed by atoms with Crippen LogP contribution in [0, 0.1) is 22.7 Å². The lowest BCUT2D eigenvalue weighted by Gasteiger charge is -2.34. The van der Waals surface area contributed by atoms with E-state index in [1.54, 1.807) is 0 Å². The van der Waals surface area contributed by atoms with E-state index in [0.29, 0.717) is 17.2 Å². The molecule has 1 N–H and O–H groups in total. The minimum atomic E-state index is 0.456. The predicted octanol–water partition coefficient (Wildman–Crippen LogP) is 3.51. The topological polar surface area (TPSA) is 62.9 Å². The fourth-order valence-corrected chi connectivity index (χ4v) is 2.91. The molecule has 0 radical (unpaired) electrons. The number of rotatable bonds is 3. The van der Waals surface area contributed by atoms with Gasteiger partial charge in [-0.1, -0.05) is 0 Å². The van der Waals surface area contributed by atoms with Crippen molar-refractivity contribution in [3.63, 3.8) is 0 Å². The molecule has 0 aromatic heterocycles. The maximum atomic E-state index is 8.86. The molecule has 23 heavy (non-hydrogen) atoms. The Morgan fingerprint density at radius 1 is 0.826 bits per heavy atom. The van der Waals surface area contributed by atoms with Crippen LogP contribution < -0.4 is 10.2 Å². The van der Waals surface area contributed by atoms with Crippen molar-refractivity contribution in [2.45, 2.75) is 18.9 Å². The molecule has 114 valence electrons. The van der Waals surface area contributed by atoms with Gasteiger partial charge in [0.05, 0.1) is 23.3 Å². The van der Waals surface area contributed by atoms with E-state index in [4.69, 9.17) is 10.5 Å². The molecule has 3 rings (SSSR count). The first kappa shape index (κ1) is 14.9. The molecule has 4 nitrogen and oxygen atoms in total. The summed E-state index contributed by atoms with van der Waals surface area (Å²) in [5.74, 6) is 0. The summed E-state index contributed by atoms with van der Waals surface area (Å²) in [5.41, 5.74) is 3.64. The SMILES string of the molecule is N#Cc1ccc(NC2CCN(c3ccc(C#N)cc3)CC2)cc1. The summed E-state index contributed by atoms with van der Waals surface area (Å²) in [5, 5.41) is 21.2. The van der Waals surface area contributed by atoms with Gasteiger partial charge in [-0.05, 0) is 61.4 Å². The Bertz CT molecular complexity index is 727. The Kier molecular flexibility index (Phi) is 4.45. The molecule has 1 saturated heterocycles. The van der Waals surface area contributed by atoms with E-state index in [9.17, 15) is 0 Å². The average molecular weight is 302 g/mol. The maximum absolute atomic E-state index is 8.86. The van der Waals surface area contributed by atoms with E-state index in [1.165, 1.54) is 5.69 Å². The van der Waals surface area contributed by atoms with Gasteiger partial charge in [0.25, 0.3) is 0 Å². The van der Waals surface area contributed by atoms with Crippen LogP contribution in [-0.2, 0) is 0 Å². The lowest BCUT2D eigenvalue weighted by Crippen LogP contribution is -2.39. The standard InChI is InChI=1S/C19H18N4/c20-13-15-1-5-17(6-2-15)22-18-9-11-23(12-10-18)19-7-3-16(14-21)4-8-19/h1-8,18,22H,9-12H2. The summed E-state index contributed by atoms with van der Waals surface area (Å²) in [7, 11) is 0. The predicted molar refractivity (Wildman–Crippen MR) is 91.2 cm³/mol. The molecule has 0 amide bonds. The third-order valence-corrected chi connectivity index (χ3v) is 4.24. The Morgan fingerprint density at radius 3 is 1.87 bits per heavy atom. The number of piperidine rings is 1. The fourth-order valence-electron chi connectivity index (χ4n) is 2.91. The molecule has 0 aliphatic carbocycles. The monoisotopic (exact) mass is 302 g/mol. The van der Waals surface area contributed by atoms with Crippen LogP contribution in [0.5, 0.6) is 0 Å². The van der Waals surface area contributed by atoms with E-state index >= 15 is 0 Å². The molecule has 0 atom stereocenters. The van der Waals surface area contributed by atoms with Crippen LogP contribution in [0.3, 0.4) is 0 Å². The third kappa shape index (κ3) is 3.62. The van der Waals surface area contributed by atoms with Crippen molar-refractivity contribution in [3.8, 4) is 12.1 Å². The fraction of sp³-hybridized carbons (Fsp3) is 0.263. The average Bonchev–Trinajstić information content (AvgIpc) is 2.63. The summed E-state index contributed by atoms with van der Waals surface area (Å²) in [6.45, 7) is 2.00. The molecular formula is C19H18N4. The quantitative estimate of drug-likeness (QED) is 0.942. The van der Waals surface area contributed by atoms with Gasteiger partial charge in [0.1, 0.15) is 0 Å². The molecule has 2 aromatic rings. The van der Waals surface area contributed by atoms with E-state index < -0.39 is 0 Å². The van der Waals surface area contributed by atoms with Crippen LogP contribution in [-0.4, -0.2) is 19.1 Å². The molecule has 1 fully saturated rings. The first-order chi connectivity index (χ1) is 11.3. The zero-order valence-corrected chi connectivity index (χ0v) is 12.9. The summed E-state index contributed by atoms with van der Waals surface area (Å²) in [6.07, 6.45) is 2.14. The van der Waals surface area contributed by atoms with Crippen LogP contribution in [0.1, 0.15) is 24.0 Å². The molecule has 0 saturated carbocycles. The van der Waals surface area contributed by atoms with Crippen molar-refractivity contribution in [1.82, 2.24) is 0 Å². The molecule has 1 heterocycles. The molecule has 4 heteroatoms. The minimum absolute atomic E-state index is 0.456. The van der Waals surface area contributed by atoms with Crippen molar-refractivity contribution in [3.05, 3.63) is 59.7 Å². The van der Waals surface area contributed by atoms with Crippen LogP contribution in [0.2, 0.25) is 0 Å². The molecule has 1 aliphatic heterocycles. The van der Waals surface area contributed by atoms with Crippen molar-refractivity contribution in [2.24, 2.45) is 0 Å². The molecule has 0 unspecified atom stereocenters. The Labute approximate surface area is 136 Å². The first-order valence-corrected chi connectivity index (χ1v) is 7.80. The number of hydrogen-bond donors (Lipinski definition) is 1. The Morgan fingerprint density at radius 2 is 1.35 bits per heavy atom. The summed E-state index contributed by atoms with van der Waals surface area (Å²) in [4.78, 5) is 2.36. The second kappa shape index (κ2) is 6.85. The summed E-state index contributed by atoms with van der Waals surface area (Å²) >= 11 is 0. The van der Waals surface area contributed by atoms with Crippen LogP contribution in [0.25, 0.3) is 0 Å². The normalized spacial score (nSPS) is 14.8. The zero-order valence-electron chi connectivity index (χ0n) is 12.9. The smallest absolute Gasteiger partial charge is 0.0991 e. The number of benzene rings is 2. The van der Waals surface area contributed by atoms with Gasteiger partial charge in [-0.2, -0.15) is 10.5 Å². The molecule has 2 aromatic carbocycles. The lowest BCUT2D eigenvalue weighted by molar-refractivity contribution is 0.527. The van der Waals surface area contributed by atoms with E-state index in [-0.39, 0.29) is 0 Å². The lowest BCUT2D eigenvalue weighted by atomic mass is 10.0. The maximum Gasteiger partial charge on any atom is 0.0991 e. The number of anilines is 2. The van der Waals surface area contributed by atoms with Crippen LogP contribution >= 0.6 is 0 Å². The minimum Gasteiger partial charge on any atom is -0.382 e. The van der Waals surface area contributed by atoms with Crippen molar-refractivity contribution in [1.29, 1.82) is 10.5 Å². The van der Waals surface area contributed by atoms with Crippen LogP contribution in [0.15, 0.2) is 48.5 Å². The zero-order chi connectivity index (χ0) is 16.1. The van der Waals surface area contributed by atoms with Gasteiger partial charge < -0.3 is 10.2 Å². The van der Waals surface area contributed by atoms with Gasteiger partial charge in [0.15, 0.2) is 0 Å². The summed E-state index contributed by atoms with van der Waals surface area (Å²) in [6, 6.07) is 20.1. The highest BCUT2D eigenvalue weighted by Gasteiger charge is 2.19.